The van der Waals surface area contributed by atoms with Crippen molar-refractivity contribution in [1.82, 2.24) is 35.5 Å². The Balaban J connectivity index is 1.52. The van der Waals surface area contributed by atoms with Crippen molar-refractivity contribution in [2.24, 2.45) is 23.7 Å². The van der Waals surface area contributed by atoms with Crippen LogP contribution in [0, 0.1) is 23.7 Å². The molecule has 2 N–H and O–H groups in total. The highest BCUT2D eigenvalue weighted by molar-refractivity contribution is 5.92. The van der Waals surface area contributed by atoms with E-state index in [-0.39, 0.29) is 47.8 Å². The third-order valence-electron chi connectivity index (χ3n) is 12.8. The van der Waals surface area contributed by atoms with Gasteiger partial charge >= 0.3 is 6.09 Å². The first-order chi connectivity index (χ1) is 31.6. The van der Waals surface area contributed by atoms with Gasteiger partial charge in [-0.3, -0.25) is 24.1 Å². The Bertz CT molecular complexity index is 2060. The number of amides is 5. The highest BCUT2D eigenvalue weighted by Crippen LogP contribution is 2.31. The molecule has 0 spiro atoms. The molecule has 0 bridgehead atoms. The van der Waals surface area contributed by atoms with E-state index in [0.29, 0.717) is 38.1 Å². The molecule has 1 aromatic heterocycles. The van der Waals surface area contributed by atoms with Gasteiger partial charge in [-0.05, 0) is 69.1 Å². The zero-order valence-corrected chi connectivity index (χ0v) is 42.3. The van der Waals surface area contributed by atoms with E-state index in [0.717, 1.165) is 11.1 Å². The van der Waals surface area contributed by atoms with Crippen LogP contribution >= 0.6 is 0 Å². The Morgan fingerprint density at radius 2 is 1.46 bits per heavy atom. The number of nitrogens with zero attached hydrogens (tertiary/aromatic N) is 5. The lowest BCUT2D eigenvalue weighted by Gasteiger charge is -2.41. The fourth-order valence-corrected chi connectivity index (χ4v) is 9.08. The van der Waals surface area contributed by atoms with Gasteiger partial charge in [-0.2, -0.15) is 0 Å². The molecule has 1 saturated heterocycles. The zero-order chi connectivity index (χ0) is 49.7. The number of hydrogen-bond acceptors (Lipinski definition) is 11. The first-order valence-corrected chi connectivity index (χ1v) is 23.7. The lowest BCUT2D eigenvalue weighted by atomic mass is 9.89. The van der Waals surface area contributed by atoms with Gasteiger partial charge in [0, 0.05) is 46.8 Å². The minimum atomic E-state index is -0.943. The van der Waals surface area contributed by atoms with Gasteiger partial charge in [0.25, 0.3) is 0 Å². The molecule has 0 aliphatic carbocycles. The molecule has 16 heteroatoms. The molecule has 2 aromatic carbocycles. The molecular formula is C51H77N7O9. The Labute approximate surface area is 398 Å². The molecule has 8 unspecified atom stereocenters. The maximum atomic E-state index is 14.6. The highest BCUT2D eigenvalue weighted by atomic mass is 16.6. The number of nitrogens with one attached hydrogen (secondary N) is 2. The SMILES string of the molecule is CCC(C)C(C(CC(=O)N1CCC[C@H]1C(OC)C(C)C(=O)NC(Cc1ccccc1)c1nnc(-c2ccccc2)o1)OC)N(C)C(=O)C(NC(=O)C(C(C)C)N(C)C(=O)OC(C)(C)C)C(C)C. The summed E-state index contributed by atoms with van der Waals surface area (Å²) in [5, 5.41) is 14.8. The largest absolute Gasteiger partial charge is 0.444 e. The number of benzene rings is 2. The molecule has 9 atom stereocenters. The van der Waals surface area contributed by atoms with Crippen LogP contribution in [0.15, 0.2) is 65.1 Å². The molecule has 0 radical (unpaired) electrons. The number of likely N-dealkylation sites (N-methyl/N-ethyl adjacent to an activating group) is 2. The monoisotopic (exact) mass is 932 g/mol. The standard InChI is InChI=1S/C51H77N7O9/c1-15-33(6)43(56(11)49(62)41(31(2)3)53-46(61)42(32(4)5)57(12)50(63)67-51(8,9)10)39(64-13)30-40(59)58-28-22-27-38(58)44(65-14)34(7)45(60)52-37(29-35-23-18-16-19-24-35)48-55-54-47(66-48)36-25-20-17-21-26-36/h16-21,23-26,31-34,37-39,41-44H,15,22,27-30H2,1-14H3,(H,52,60)(H,53,61)/t33?,34?,37?,38-,39?,41?,42?,43?,44?/m0/s1. The van der Waals surface area contributed by atoms with Crippen molar-refractivity contribution in [2.75, 3.05) is 34.9 Å². The summed E-state index contributed by atoms with van der Waals surface area (Å²) >= 11 is 0. The van der Waals surface area contributed by atoms with Crippen LogP contribution in [0.2, 0.25) is 0 Å². The van der Waals surface area contributed by atoms with Crippen molar-refractivity contribution < 1.29 is 42.6 Å². The molecule has 4 rings (SSSR count). The molecule has 0 saturated carbocycles. The predicted octanol–water partition coefficient (Wildman–Crippen LogP) is 7.09. The van der Waals surface area contributed by atoms with Crippen LogP contribution in [-0.4, -0.2) is 131 Å². The third-order valence-corrected chi connectivity index (χ3v) is 12.8. The van der Waals surface area contributed by atoms with Gasteiger partial charge in [0.15, 0.2) is 0 Å². The Kier molecular flexibility index (Phi) is 19.9. The molecule has 67 heavy (non-hydrogen) atoms. The van der Waals surface area contributed by atoms with Crippen LogP contribution in [0.5, 0.6) is 0 Å². The van der Waals surface area contributed by atoms with Gasteiger partial charge in [-0.1, -0.05) is 103 Å². The van der Waals surface area contributed by atoms with Gasteiger partial charge in [0.1, 0.15) is 23.7 Å². The number of rotatable bonds is 22. The van der Waals surface area contributed by atoms with E-state index < -0.39 is 65.9 Å². The van der Waals surface area contributed by atoms with Crippen molar-refractivity contribution >= 4 is 29.7 Å². The van der Waals surface area contributed by atoms with Crippen molar-refractivity contribution in [3.05, 3.63) is 72.1 Å². The quantitative estimate of drug-likeness (QED) is 0.105. The Morgan fingerprint density at radius 3 is 2.01 bits per heavy atom. The van der Waals surface area contributed by atoms with Crippen LogP contribution in [-0.2, 0) is 39.8 Å². The van der Waals surface area contributed by atoms with E-state index in [1.165, 1.54) is 19.1 Å². The van der Waals surface area contributed by atoms with Gasteiger partial charge in [0.05, 0.1) is 36.6 Å². The number of carbonyl (C=O) groups is 5. The summed E-state index contributed by atoms with van der Waals surface area (Å²) in [6, 6.07) is 15.7. The smallest absolute Gasteiger partial charge is 0.410 e. The molecule has 2 heterocycles. The summed E-state index contributed by atoms with van der Waals surface area (Å²) in [7, 11) is 6.30. The number of carbonyl (C=O) groups excluding carboxylic acids is 5. The van der Waals surface area contributed by atoms with E-state index in [4.69, 9.17) is 18.6 Å². The lowest BCUT2D eigenvalue weighted by Crippen LogP contribution is -2.60. The predicted molar refractivity (Wildman–Crippen MR) is 256 cm³/mol. The lowest BCUT2D eigenvalue weighted by molar-refractivity contribution is -0.148. The first-order valence-electron chi connectivity index (χ1n) is 23.7. The maximum absolute atomic E-state index is 14.6. The van der Waals surface area contributed by atoms with Crippen LogP contribution in [0.25, 0.3) is 11.5 Å². The minimum absolute atomic E-state index is 0.0362. The molecule has 16 nitrogen and oxygen atoms in total. The number of methoxy groups -OCH3 is 2. The van der Waals surface area contributed by atoms with Gasteiger partial charge in [-0.15, -0.1) is 10.2 Å². The Hall–Kier alpha value is -5.35. The maximum Gasteiger partial charge on any atom is 0.410 e. The average Bonchev–Trinajstić information content (AvgIpc) is 3.99. The summed E-state index contributed by atoms with van der Waals surface area (Å²) in [6.07, 6.45) is 0.384. The van der Waals surface area contributed by atoms with E-state index >= 15 is 0 Å². The zero-order valence-electron chi connectivity index (χ0n) is 42.3. The molecular weight excluding hydrogens is 855 g/mol. The van der Waals surface area contributed by atoms with Gasteiger partial charge in [-0.25, -0.2) is 4.79 Å². The first kappa shape index (κ1) is 54.3. The van der Waals surface area contributed by atoms with E-state index in [9.17, 15) is 24.0 Å². The number of aromatic nitrogens is 2. The summed E-state index contributed by atoms with van der Waals surface area (Å²) in [5.74, 6) is -2.07. The van der Waals surface area contributed by atoms with E-state index in [1.807, 2.05) is 102 Å². The summed E-state index contributed by atoms with van der Waals surface area (Å²) < 4.78 is 23.9. The fraction of sp³-hybridized carbons (Fsp3) is 0.627. The topological polar surface area (TPSA) is 186 Å². The van der Waals surface area contributed by atoms with Crippen molar-refractivity contribution in [1.29, 1.82) is 0 Å². The summed E-state index contributed by atoms with van der Waals surface area (Å²) in [6.45, 7) is 18.9. The minimum Gasteiger partial charge on any atom is -0.444 e. The van der Waals surface area contributed by atoms with Crippen LogP contribution < -0.4 is 10.6 Å². The molecule has 5 amide bonds. The molecule has 1 aliphatic rings. The van der Waals surface area contributed by atoms with Gasteiger partial charge in [0.2, 0.25) is 35.4 Å². The molecule has 370 valence electrons. The van der Waals surface area contributed by atoms with Crippen molar-refractivity contribution in [2.45, 2.75) is 149 Å². The Morgan fingerprint density at radius 1 is 0.836 bits per heavy atom. The average molecular weight is 932 g/mol. The summed E-state index contributed by atoms with van der Waals surface area (Å²) in [4.78, 5) is 75.0. The number of hydrogen-bond donors (Lipinski definition) is 2. The van der Waals surface area contributed by atoms with Crippen molar-refractivity contribution in [3.63, 3.8) is 0 Å². The molecule has 1 aliphatic heterocycles. The second kappa shape index (κ2) is 24.6. The number of ether oxygens (including phenoxy) is 3. The second-order valence-electron chi connectivity index (χ2n) is 19.7. The normalized spacial score (nSPS) is 17.7. The van der Waals surface area contributed by atoms with Crippen LogP contribution in [0.1, 0.15) is 112 Å². The highest BCUT2D eigenvalue weighted by Gasteiger charge is 2.44. The van der Waals surface area contributed by atoms with Gasteiger partial charge < -0.3 is 39.1 Å². The molecule has 3 aromatic rings. The van der Waals surface area contributed by atoms with Crippen LogP contribution in [0.4, 0.5) is 4.79 Å². The van der Waals surface area contributed by atoms with E-state index in [2.05, 4.69) is 20.8 Å². The fourth-order valence-electron chi connectivity index (χ4n) is 9.08. The second-order valence-corrected chi connectivity index (χ2v) is 19.7. The van der Waals surface area contributed by atoms with Crippen molar-refractivity contribution in [3.8, 4) is 11.5 Å². The summed E-state index contributed by atoms with van der Waals surface area (Å²) in [5.41, 5.74) is 0.972. The molecule has 1 fully saturated rings. The third kappa shape index (κ3) is 14.3. The number of likely N-dealkylation sites (tertiary alicyclic amines) is 1. The van der Waals surface area contributed by atoms with Crippen LogP contribution in [0.3, 0.4) is 0 Å². The van der Waals surface area contributed by atoms with E-state index in [1.54, 1.807) is 51.7 Å².